The summed E-state index contributed by atoms with van der Waals surface area (Å²) in [6, 6.07) is 14.2. The van der Waals surface area contributed by atoms with Crippen molar-refractivity contribution in [3.05, 3.63) is 75.9 Å². The zero-order chi connectivity index (χ0) is 22.5. The molecule has 0 radical (unpaired) electrons. The van der Waals surface area contributed by atoms with Crippen LogP contribution >= 0.6 is 11.6 Å². The number of benzene rings is 2. The van der Waals surface area contributed by atoms with E-state index in [2.05, 4.69) is 10.4 Å². The summed E-state index contributed by atoms with van der Waals surface area (Å²) in [5.74, 6) is -1.56. The highest BCUT2D eigenvalue weighted by atomic mass is 35.5. The molecule has 0 saturated heterocycles. The third-order valence-electron chi connectivity index (χ3n) is 6.33. The second-order valence-electron chi connectivity index (χ2n) is 8.09. The van der Waals surface area contributed by atoms with E-state index in [9.17, 15) is 14.4 Å². The Morgan fingerprint density at radius 3 is 2.44 bits per heavy atom. The van der Waals surface area contributed by atoms with Gasteiger partial charge in [-0.15, -0.1) is 0 Å². The van der Waals surface area contributed by atoms with E-state index in [0.717, 1.165) is 17.0 Å². The molecule has 162 valence electrons. The predicted octanol–water partition coefficient (Wildman–Crippen LogP) is 3.78. The molecule has 2 aromatic carbocycles. The number of nitrogens with one attached hydrogen (secondary N) is 1. The summed E-state index contributed by atoms with van der Waals surface area (Å²) in [6.45, 7) is 0.0721. The number of nitrogens with zero attached hydrogens (tertiary/aromatic N) is 2. The topological polar surface area (TPSA) is 88.6 Å². The summed E-state index contributed by atoms with van der Waals surface area (Å²) in [5, 5.41) is 1.96. The molecule has 0 bridgehead atoms. The van der Waals surface area contributed by atoms with Crippen molar-refractivity contribution in [2.75, 3.05) is 7.11 Å². The normalized spacial score (nSPS) is 16.8. The van der Waals surface area contributed by atoms with Crippen molar-refractivity contribution in [2.45, 2.75) is 31.3 Å². The van der Waals surface area contributed by atoms with Gasteiger partial charge in [0, 0.05) is 17.5 Å². The smallest absolute Gasteiger partial charge is 0.282 e. The van der Waals surface area contributed by atoms with Crippen LogP contribution in [0.25, 0.3) is 10.9 Å². The van der Waals surface area contributed by atoms with Crippen LogP contribution in [0.15, 0.2) is 48.5 Å². The first-order chi connectivity index (χ1) is 15.5. The molecule has 2 heterocycles. The summed E-state index contributed by atoms with van der Waals surface area (Å²) < 4.78 is 5.21. The van der Waals surface area contributed by atoms with Gasteiger partial charge in [-0.1, -0.05) is 48.4 Å². The molecule has 3 aromatic rings. The third-order valence-corrected chi connectivity index (χ3v) is 6.59. The molecular weight excluding hydrogens is 430 g/mol. The van der Waals surface area contributed by atoms with Crippen molar-refractivity contribution in [3.63, 3.8) is 0 Å². The average molecular weight is 450 g/mol. The van der Waals surface area contributed by atoms with Crippen LogP contribution in [0.5, 0.6) is 0 Å². The largest absolute Gasteiger partial charge is 0.378 e. The number of aromatic nitrogens is 1. The lowest BCUT2D eigenvalue weighted by atomic mass is 9.64. The minimum Gasteiger partial charge on any atom is -0.378 e. The Labute approximate surface area is 189 Å². The molecule has 1 fully saturated rings. The summed E-state index contributed by atoms with van der Waals surface area (Å²) >= 11 is 6.00. The summed E-state index contributed by atoms with van der Waals surface area (Å²) in [5.41, 5.74) is 3.99. The van der Waals surface area contributed by atoms with Crippen molar-refractivity contribution >= 4 is 40.2 Å². The Hall–Kier alpha value is -3.29. The molecule has 0 unspecified atom stereocenters. The van der Waals surface area contributed by atoms with Gasteiger partial charge >= 0.3 is 0 Å². The molecule has 1 saturated carbocycles. The van der Waals surface area contributed by atoms with Gasteiger partial charge in [0.05, 0.1) is 34.4 Å². The number of hydrazine groups is 1. The summed E-state index contributed by atoms with van der Waals surface area (Å²) in [4.78, 5) is 44.5. The number of methoxy groups -OCH3 is 1. The fourth-order valence-corrected chi connectivity index (χ4v) is 4.65. The average Bonchev–Trinajstić information content (AvgIpc) is 3.00. The first-order valence-corrected chi connectivity index (χ1v) is 10.7. The van der Waals surface area contributed by atoms with Gasteiger partial charge in [0.25, 0.3) is 11.8 Å². The monoisotopic (exact) mass is 449 g/mol. The van der Waals surface area contributed by atoms with Crippen molar-refractivity contribution in [1.82, 2.24) is 15.4 Å². The molecule has 7 nitrogen and oxygen atoms in total. The number of fused-ring (bicyclic) bond motifs is 3. The van der Waals surface area contributed by atoms with Crippen LogP contribution in [-0.2, 0) is 21.6 Å². The van der Waals surface area contributed by atoms with Gasteiger partial charge in [-0.05, 0) is 36.6 Å². The van der Waals surface area contributed by atoms with Crippen LogP contribution in [0.1, 0.15) is 51.2 Å². The maximum absolute atomic E-state index is 13.4. The molecule has 2 aliphatic rings. The third kappa shape index (κ3) is 3.00. The van der Waals surface area contributed by atoms with Crippen molar-refractivity contribution in [3.8, 4) is 0 Å². The maximum atomic E-state index is 13.4. The summed E-state index contributed by atoms with van der Waals surface area (Å²) in [7, 11) is 1.50. The fourth-order valence-electron chi connectivity index (χ4n) is 4.53. The van der Waals surface area contributed by atoms with Crippen molar-refractivity contribution in [1.29, 1.82) is 0 Å². The van der Waals surface area contributed by atoms with Crippen LogP contribution in [-0.4, -0.2) is 34.8 Å². The number of para-hydroxylation sites is 1. The Bertz CT molecular complexity index is 1270. The quantitative estimate of drug-likeness (QED) is 0.599. The van der Waals surface area contributed by atoms with Crippen LogP contribution in [0.4, 0.5) is 0 Å². The number of carbonyl (C=O) groups excluding carboxylic acids is 3. The minimum absolute atomic E-state index is 0.0721. The highest BCUT2D eigenvalue weighted by Gasteiger charge is 2.49. The van der Waals surface area contributed by atoms with Gasteiger partial charge < -0.3 is 4.74 Å². The zero-order valence-electron chi connectivity index (χ0n) is 17.4. The number of imide groups is 1. The maximum Gasteiger partial charge on any atom is 0.282 e. The number of carbonyl (C=O) groups is 3. The second kappa shape index (κ2) is 7.69. The Kier molecular flexibility index (Phi) is 4.95. The highest BCUT2D eigenvalue weighted by Crippen LogP contribution is 2.44. The number of amides is 3. The highest BCUT2D eigenvalue weighted by molar-refractivity contribution is 6.30. The SMILES string of the molecule is COCc1nc2ccccc2c2c1C(=O)N(NC(=O)C1(c3ccc(Cl)cc3)CCC1)C2=O. The molecule has 1 aliphatic carbocycles. The molecule has 1 aromatic heterocycles. The predicted molar refractivity (Wildman–Crippen MR) is 118 cm³/mol. The first-order valence-electron chi connectivity index (χ1n) is 10.3. The number of ether oxygens (including phenoxy) is 1. The van der Waals surface area contributed by atoms with Crippen LogP contribution in [0.2, 0.25) is 5.02 Å². The Balaban J connectivity index is 1.52. The van der Waals surface area contributed by atoms with Crippen molar-refractivity contribution in [2.24, 2.45) is 0 Å². The first kappa shape index (κ1) is 20.6. The molecule has 8 heteroatoms. The van der Waals surface area contributed by atoms with Crippen LogP contribution < -0.4 is 5.43 Å². The van der Waals surface area contributed by atoms with E-state index < -0.39 is 17.2 Å². The second-order valence-corrected chi connectivity index (χ2v) is 8.52. The minimum atomic E-state index is -0.796. The molecule has 1 aliphatic heterocycles. The van der Waals surface area contributed by atoms with E-state index in [1.54, 1.807) is 30.3 Å². The van der Waals surface area contributed by atoms with Crippen molar-refractivity contribution < 1.29 is 19.1 Å². The van der Waals surface area contributed by atoms with Gasteiger partial charge in [-0.3, -0.25) is 19.8 Å². The Morgan fingerprint density at radius 1 is 1.09 bits per heavy atom. The van der Waals surface area contributed by atoms with Gasteiger partial charge in [0.2, 0.25) is 5.91 Å². The fraction of sp³-hybridized carbons (Fsp3) is 0.250. The van der Waals surface area contributed by atoms with Gasteiger partial charge in [-0.25, -0.2) is 4.98 Å². The lowest BCUT2D eigenvalue weighted by Gasteiger charge is -2.41. The van der Waals surface area contributed by atoms with Gasteiger partial charge in [0.1, 0.15) is 0 Å². The molecule has 0 atom stereocenters. The van der Waals surface area contributed by atoms with E-state index in [4.69, 9.17) is 16.3 Å². The number of halogens is 1. The lowest BCUT2D eigenvalue weighted by Crippen LogP contribution is -2.56. The van der Waals surface area contributed by atoms with E-state index >= 15 is 0 Å². The van der Waals surface area contributed by atoms with E-state index in [-0.39, 0.29) is 23.6 Å². The Morgan fingerprint density at radius 2 is 1.78 bits per heavy atom. The molecule has 3 amide bonds. The van der Waals surface area contributed by atoms with Crippen LogP contribution in [0.3, 0.4) is 0 Å². The number of rotatable bonds is 5. The number of pyridine rings is 1. The number of hydrogen-bond acceptors (Lipinski definition) is 5. The van der Waals surface area contributed by atoms with Crippen LogP contribution in [0, 0.1) is 0 Å². The van der Waals surface area contributed by atoms with E-state index in [1.807, 2.05) is 18.2 Å². The van der Waals surface area contributed by atoms with E-state index in [1.165, 1.54) is 7.11 Å². The molecule has 5 rings (SSSR count). The van der Waals surface area contributed by atoms with Gasteiger partial charge in [0.15, 0.2) is 0 Å². The number of hydrogen-bond donors (Lipinski definition) is 1. The standard InChI is InChI=1S/C24H20ClN3O4/c1-32-13-18-20-19(16-5-2-3-6-17(16)26-18)21(29)28(22(20)30)27-23(31)24(11-4-12-24)14-7-9-15(25)10-8-14/h2-3,5-10H,4,11-13H2,1H3,(H,27,31). The molecular formula is C24H20ClN3O4. The van der Waals surface area contributed by atoms with E-state index in [0.29, 0.717) is 34.5 Å². The molecule has 1 N–H and O–H groups in total. The summed E-state index contributed by atoms with van der Waals surface area (Å²) in [6.07, 6.45) is 2.14. The van der Waals surface area contributed by atoms with Gasteiger partial charge in [-0.2, -0.15) is 5.01 Å². The molecule has 32 heavy (non-hydrogen) atoms. The molecule has 0 spiro atoms. The zero-order valence-corrected chi connectivity index (χ0v) is 18.1. The lowest BCUT2D eigenvalue weighted by molar-refractivity contribution is -0.133.